The summed E-state index contributed by atoms with van der Waals surface area (Å²) < 4.78 is 6.70. The number of halogens is 1. The van der Waals surface area contributed by atoms with Crippen LogP contribution in [-0.4, -0.2) is 17.3 Å². The number of rotatable bonds is 2. The number of hydrogen-bond donors (Lipinski definition) is 2. The van der Waals surface area contributed by atoms with E-state index < -0.39 is 0 Å². The van der Waals surface area contributed by atoms with Gasteiger partial charge in [0.2, 0.25) is 0 Å². The minimum absolute atomic E-state index is 0.247. The van der Waals surface area contributed by atoms with Gasteiger partial charge in [-0.25, -0.2) is 10.2 Å². The van der Waals surface area contributed by atoms with E-state index in [1.165, 1.54) is 6.42 Å². The molecule has 1 aliphatic carbocycles. The molecule has 2 amide bonds. The maximum atomic E-state index is 12.4. The van der Waals surface area contributed by atoms with Crippen molar-refractivity contribution in [2.75, 3.05) is 5.32 Å². The Hall–Kier alpha value is -3.05. The number of carbonyl (C=O) groups excluding carboxylic acids is 1. The molecule has 3 aromatic rings. The molecular formula is C25H24ClN3O2. The van der Waals surface area contributed by atoms with E-state index in [2.05, 4.69) is 34.0 Å². The molecule has 3 aromatic carbocycles. The average Bonchev–Trinajstić information content (AvgIpc) is 2.79. The Labute approximate surface area is 186 Å². The third-order valence-corrected chi connectivity index (χ3v) is 6.41. The van der Waals surface area contributed by atoms with Crippen LogP contribution in [0, 0.1) is 0 Å². The van der Waals surface area contributed by atoms with Crippen LogP contribution in [0.2, 0.25) is 5.02 Å². The predicted molar refractivity (Wildman–Crippen MR) is 125 cm³/mol. The number of nitrogens with zero attached hydrogens (tertiary/aromatic N) is 1. The first-order chi connectivity index (χ1) is 15.1. The largest absolute Gasteiger partial charge is 0.486 e. The van der Waals surface area contributed by atoms with Crippen LogP contribution in [0.1, 0.15) is 44.1 Å². The number of fused-ring (bicyclic) bond motifs is 3. The van der Waals surface area contributed by atoms with Gasteiger partial charge in [0.15, 0.2) is 0 Å². The van der Waals surface area contributed by atoms with Crippen molar-refractivity contribution in [3.63, 3.8) is 0 Å². The number of nitrogens with one attached hydrogen (secondary N) is 2. The molecule has 2 N–H and O–H groups in total. The van der Waals surface area contributed by atoms with Crippen LogP contribution >= 0.6 is 11.6 Å². The highest BCUT2D eigenvalue weighted by atomic mass is 35.5. The van der Waals surface area contributed by atoms with Gasteiger partial charge in [0.1, 0.15) is 11.4 Å². The molecule has 0 unspecified atom stereocenters. The van der Waals surface area contributed by atoms with E-state index in [0.29, 0.717) is 17.1 Å². The number of benzene rings is 3. The second-order valence-corrected chi connectivity index (χ2v) is 8.75. The maximum Gasteiger partial charge on any atom is 0.339 e. The van der Waals surface area contributed by atoms with E-state index in [4.69, 9.17) is 16.3 Å². The second kappa shape index (κ2) is 8.23. The molecule has 0 radical (unpaired) electrons. The number of ether oxygens (including phenoxy) is 1. The first kappa shape index (κ1) is 19.9. The summed E-state index contributed by atoms with van der Waals surface area (Å²) in [5.41, 5.74) is 4.89. The maximum absolute atomic E-state index is 12.4. The van der Waals surface area contributed by atoms with Gasteiger partial charge in [-0.15, -0.1) is 0 Å². The third-order valence-electron chi connectivity index (χ3n) is 6.16. The van der Waals surface area contributed by atoms with Crippen molar-refractivity contribution in [3.8, 4) is 5.75 Å². The lowest BCUT2D eigenvalue weighted by atomic mass is 9.78. The normalized spacial score (nSPS) is 18.4. The lowest BCUT2D eigenvalue weighted by Gasteiger charge is -2.42. The lowest BCUT2D eigenvalue weighted by molar-refractivity contribution is 0.0336. The van der Waals surface area contributed by atoms with E-state index >= 15 is 0 Å². The number of hydrogen-bond acceptors (Lipinski definition) is 3. The van der Waals surface area contributed by atoms with Crippen LogP contribution in [0.4, 0.5) is 10.5 Å². The smallest absolute Gasteiger partial charge is 0.339 e. The summed E-state index contributed by atoms with van der Waals surface area (Å²) in [4.78, 5) is 12.4. The molecule has 1 spiro atoms. The fourth-order valence-corrected chi connectivity index (χ4v) is 4.74. The van der Waals surface area contributed by atoms with E-state index in [1.807, 2.05) is 18.2 Å². The Morgan fingerprint density at radius 2 is 1.74 bits per heavy atom. The molecule has 1 aliphatic heterocycles. The number of anilines is 1. The monoisotopic (exact) mass is 433 g/mol. The summed E-state index contributed by atoms with van der Waals surface area (Å²) in [5, 5.41) is 10.2. The molecule has 31 heavy (non-hydrogen) atoms. The van der Waals surface area contributed by atoms with Crippen molar-refractivity contribution in [3.05, 3.63) is 71.2 Å². The summed E-state index contributed by atoms with van der Waals surface area (Å²) in [6.45, 7) is 0. The molecule has 0 bridgehead atoms. The first-order valence-corrected chi connectivity index (χ1v) is 11.1. The highest BCUT2D eigenvalue weighted by Gasteiger charge is 2.41. The van der Waals surface area contributed by atoms with Crippen LogP contribution in [0.15, 0.2) is 65.8 Å². The number of hydrazone groups is 1. The van der Waals surface area contributed by atoms with Gasteiger partial charge < -0.3 is 10.1 Å². The molecule has 5 rings (SSSR count). The van der Waals surface area contributed by atoms with E-state index in [9.17, 15) is 4.79 Å². The van der Waals surface area contributed by atoms with Gasteiger partial charge in [-0.05, 0) is 61.4 Å². The SMILES string of the molecule is O=C(N/N=C1\CC2(CCCCC2)Oc2c1ccc1ccccc21)Nc1ccc(Cl)cc1. The van der Waals surface area contributed by atoms with Crippen molar-refractivity contribution in [1.82, 2.24) is 5.43 Å². The molecule has 1 fully saturated rings. The van der Waals surface area contributed by atoms with Crippen molar-refractivity contribution in [2.45, 2.75) is 44.1 Å². The van der Waals surface area contributed by atoms with Crippen LogP contribution in [0.25, 0.3) is 10.8 Å². The van der Waals surface area contributed by atoms with Gasteiger partial charge >= 0.3 is 6.03 Å². The van der Waals surface area contributed by atoms with Crippen molar-refractivity contribution < 1.29 is 9.53 Å². The van der Waals surface area contributed by atoms with Crippen molar-refractivity contribution >= 4 is 39.8 Å². The molecule has 0 atom stereocenters. The molecule has 1 heterocycles. The van der Waals surface area contributed by atoms with Crippen molar-refractivity contribution in [2.24, 2.45) is 5.10 Å². The molecule has 5 nitrogen and oxygen atoms in total. The zero-order valence-corrected chi connectivity index (χ0v) is 17.9. The second-order valence-electron chi connectivity index (χ2n) is 8.32. The molecular weight excluding hydrogens is 410 g/mol. The van der Waals surface area contributed by atoms with E-state index in [1.54, 1.807) is 24.3 Å². The van der Waals surface area contributed by atoms with Crippen LogP contribution < -0.4 is 15.5 Å². The summed E-state index contributed by atoms with van der Waals surface area (Å²) in [7, 11) is 0. The highest BCUT2D eigenvalue weighted by molar-refractivity contribution is 6.30. The third kappa shape index (κ3) is 4.10. The number of urea groups is 1. The quantitative estimate of drug-likeness (QED) is 0.453. The topological polar surface area (TPSA) is 62.7 Å². The van der Waals surface area contributed by atoms with Gasteiger partial charge in [0.25, 0.3) is 0 Å². The minimum Gasteiger partial charge on any atom is -0.486 e. The summed E-state index contributed by atoms with van der Waals surface area (Å²) in [5.74, 6) is 0.880. The average molecular weight is 434 g/mol. The number of carbonyl (C=O) groups is 1. The van der Waals surface area contributed by atoms with Crippen LogP contribution in [0.3, 0.4) is 0 Å². The Morgan fingerprint density at radius 1 is 0.968 bits per heavy atom. The van der Waals surface area contributed by atoms with Crippen LogP contribution in [-0.2, 0) is 0 Å². The summed E-state index contributed by atoms with van der Waals surface area (Å²) in [6.07, 6.45) is 6.24. The first-order valence-electron chi connectivity index (χ1n) is 10.7. The molecule has 0 saturated heterocycles. The Kier molecular flexibility index (Phi) is 5.28. The summed E-state index contributed by atoms with van der Waals surface area (Å²) in [6, 6.07) is 19.0. The van der Waals surface area contributed by atoms with Crippen LogP contribution in [0.5, 0.6) is 5.75 Å². The van der Waals surface area contributed by atoms with E-state index in [-0.39, 0.29) is 11.6 Å². The van der Waals surface area contributed by atoms with Crippen molar-refractivity contribution in [1.29, 1.82) is 0 Å². The Morgan fingerprint density at radius 3 is 2.55 bits per heavy atom. The highest BCUT2D eigenvalue weighted by Crippen LogP contribution is 2.44. The van der Waals surface area contributed by atoms with Gasteiger partial charge in [0, 0.05) is 28.1 Å². The zero-order valence-electron chi connectivity index (χ0n) is 17.2. The minimum atomic E-state index is -0.388. The van der Waals surface area contributed by atoms with Gasteiger partial charge in [-0.2, -0.15) is 5.10 Å². The Balaban J connectivity index is 1.46. The fourth-order valence-electron chi connectivity index (χ4n) is 4.62. The molecule has 6 heteroatoms. The Bertz CT molecular complexity index is 1150. The van der Waals surface area contributed by atoms with E-state index in [0.717, 1.165) is 53.5 Å². The number of amides is 2. The fraction of sp³-hybridized carbons (Fsp3) is 0.280. The predicted octanol–water partition coefficient (Wildman–Crippen LogP) is 6.50. The standard InChI is InChI=1S/C25H24ClN3O2/c26-18-9-11-19(12-10-18)27-24(30)29-28-22-16-25(14-4-1-5-15-25)31-23-20-7-3-2-6-17(20)8-13-21(22)23/h2-3,6-13H,1,4-5,14-16H2,(H2,27,29,30)/b28-22+. The molecule has 1 saturated carbocycles. The lowest BCUT2D eigenvalue weighted by Crippen LogP contribution is -2.44. The molecule has 2 aliphatic rings. The van der Waals surface area contributed by atoms with Gasteiger partial charge in [-0.1, -0.05) is 48.4 Å². The van der Waals surface area contributed by atoms with Gasteiger partial charge in [-0.3, -0.25) is 0 Å². The zero-order chi connectivity index (χ0) is 21.3. The summed E-state index contributed by atoms with van der Waals surface area (Å²) >= 11 is 5.91. The van der Waals surface area contributed by atoms with Gasteiger partial charge in [0.05, 0.1) is 5.71 Å². The molecule has 0 aromatic heterocycles. The molecule has 158 valence electrons.